The molecule has 0 aliphatic carbocycles. The number of aromatic nitrogens is 1. The molecule has 6 unspecified atom stereocenters. The highest BCUT2D eigenvalue weighted by molar-refractivity contribution is 7.93. The van der Waals surface area contributed by atoms with Gasteiger partial charge >= 0.3 is 0 Å². The number of rotatable bonds is 51. The molecule has 0 saturated carbocycles. The SMILES string of the molecule is CCCCCCC(C)COc1ccc(S(=O)(=O)C(CC)C(=O)Nc2cc(O)c(NC(=O)c3cccnc3)cc2Cl)cc1.CCCCCCCCC(C)COc1ccc(S(=O)(=O)C(CC)C(=O)Nc2ccc(NC(=O)c3ccc4ccccc4c3)c(O)c2)cc1.CCCCCCCCCCC(C)COc1ccc(S(=O)(=O)C(CC)C(=O)Nc2cc(O)c(NC(=O)c3ccc(C#N)cc3)cc2Cl)cc1. The number of halogens is 2. The average Bonchev–Trinajstić information content (AvgIpc) is 0.800. The average molecular weight is 1970 g/mol. The molecule has 1 aromatic heterocycles. The minimum atomic E-state index is -4.08. The Morgan fingerprint density at radius 2 is 0.723 bits per heavy atom. The van der Waals surface area contributed by atoms with Crippen LogP contribution in [0.2, 0.25) is 10.0 Å². The van der Waals surface area contributed by atoms with Gasteiger partial charge in [0.25, 0.3) is 17.7 Å². The van der Waals surface area contributed by atoms with Crippen LogP contribution in [-0.2, 0) is 43.9 Å². The van der Waals surface area contributed by atoms with E-state index in [1.54, 1.807) is 81.4 Å². The van der Waals surface area contributed by atoms with Crippen LogP contribution in [0.25, 0.3) is 10.8 Å². The van der Waals surface area contributed by atoms with Crippen molar-refractivity contribution in [2.24, 2.45) is 17.8 Å². The minimum absolute atomic E-state index is 0.000227. The largest absolute Gasteiger partial charge is 0.506 e. The normalized spacial score (nSPS) is 12.7. The molecule has 0 saturated heterocycles. The molecule has 9 N–H and O–H groups in total. The van der Waals surface area contributed by atoms with Crippen LogP contribution in [0.1, 0.15) is 253 Å². The number of aromatic hydroxyl groups is 3. The number of sulfone groups is 3. The molecule has 0 spiro atoms. The molecule has 26 nitrogen and oxygen atoms in total. The predicted molar refractivity (Wildman–Crippen MR) is 545 cm³/mol. The molecule has 0 aliphatic rings. The van der Waals surface area contributed by atoms with E-state index in [0.717, 1.165) is 48.6 Å². The van der Waals surface area contributed by atoms with E-state index < -0.39 is 86.5 Å². The highest BCUT2D eigenvalue weighted by Crippen LogP contribution is 2.39. The van der Waals surface area contributed by atoms with Crippen molar-refractivity contribution in [1.82, 2.24) is 4.98 Å². The van der Waals surface area contributed by atoms with E-state index in [-0.39, 0.29) is 101 Å². The van der Waals surface area contributed by atoms with Crippen molar-refractivity contribution < 1.29 is 83.6 Å². The third-order valence-electron chi connectivity index (χ3n) is 23.2. The number of phenols is 3. The predicted octanol–water partition coefficient (Wildman–Crippen LogP) is 24.5. The quantitative estimate of drug-likeness (QED) is 0.0126. The van der Waals surface area contributed by atoms with Gasteiger partial charge in [0, 0.05) is 47.4 Å². The van der Waals surface area contributed by atoms with Crippen LogP contribution in [0, 0.1) is 29.1 Å². The van der Waals surface area contributed by atoms with Gasteiger partial charge in [-0.15, -0.1) is 0 Å². The molecular weight excluding hydrogens is 1840 g/mol. The smallest absolute Gasteiger partial charge is 0.257 e. The molecular formula is C106H130Cl2N8O18S3. The summed E-state index contributed by atoms with van der Waals surface area (Å²) in [6.45, 7) is 19.5. The second-order valence-corrected chi connectivity index (χ2v) is 41.6. The minimum Gasteiger partial charge on any atom is -0.506 e. The molecule has 1 heterocycles. The summed E-state index contributed by atoms with van der Waals surface area (Å²) < 4.78 is 98.2. The molecule has 9 aromatic carbocycles. The van der Waals surface area contributed by atoms with Gasteiger partial charge in [-0.2, -0.15) is 5.26 Å². The topological polar surface area (TPSA) is 402 Å². The van der Waals surface area contributed by atoms with Gasteiger partial charge in [0.1, 0.15) is 50.2 Å². The second-order valence-electron chi connectivity index (χ2n) is 34.4. The van der Waals surface area contributed by atoms with E-state index in [4.69, 9.17) is 42.7 Å². The van der Waals surface area contributed by atoms with Crippen molar-refractivity contribution in [3.05, 3.63) is 239 Å². The van der Waals surface area contributed by atoms with E-state index in [1.807, 2.05) is 36.4 Å². The lowest BCUT2D eigenvalue weighted by Crippen LogP contribution is -2.34. The van der Waals surface area contributed by atoms with Crippen molar-refractivity contribution in [2.45, 2.75) is 247 Å². The third-order valence-corrected chi connectivity index (χ3v) is 30.5. The standard InChI is InChI=1S/C38H46N2O6S.C37H46ClN3O6S.C31H38ClN3O6S/c1-4-6-7-8-9-10-13-27(3)26-46-32-19-21-33(22-20-32)47(44,45)36(5-2)38(43)39-31-18-23-34(35(41)25-31)40-37(42)30-17-16-28-14-11-12-15-29(28)24-30;1-4-6-7-8-9-10-11-12-13-26(3)25-47-29-18-20-30(21-19-29)48(45,46)35(5-2)37(44)40-32-23-34(42)33(22-31(32)38)41-36(43)28-16-14-27(24-39)15-17-28;1-4-6-7-8-10-21(3)20-41-23-12-14-24(15-13-23)42(39,40)29(5-2)31(38)34-26-18-28(36)27(17-25(26)32)35-30(37)22-11-9-16-33-19-22/h11-12,14-25,27,36,41H,4-10,13,26H2,1-3H3,(H,39,43)(H,40,42);14-23,26,35,42H,4-13,25H2,1-3H3,(H,40,44)(H,41,43);9,11-19,21,29,36H,4-8,10,20H2,1-3H3,(H,34,38)(H,35,37). The summed E-state index contributed by atoms with van der Waals surface area (Å²) in [5.41, 5.74) is 1.66. The van der Waals surface area contributed by atoms with E-state index >= 15 is 0 Å². The van der Waals surface area contributed by atoms with Gasteiger partial charge < -0.3 is 61.4 Å². The lowest BCUT2D eigenvalue weighted by atomic mass is 10.0. The Kier molecular flexibility index (Phi) is 45.0. The third kappa shape index (κ3) is 34.3. The molecule has 0 radical (unpaired) electrons. The number of benzene rings is 9. The van der Waals surface area contributed by atoms with E-state index in [2.05, 4.69) is 78.4 Å². The van der Waals surface area contributed by atoms with Crippen LogP contribution >= 0.6 is 23.2 Å². The van der Waals surface area contributed by atoms with Crippen molar-refractivity contribution in [2.75, 3.05) is 51.7 Å². The molecule has 31 heteroatoms. The van der Waals surface area contributed by atoms with Crippen molar-refractivity contribution in [1.29, 1.82) is 5.26 Å². The number of amides is 6. The van der Waals surface area contributed by atoms with Crippen molar-refractivity contribution in [3.63, 3.8) is 0 Å². The maximum absolute atomic E-state index is 13.5. The summed E-state index contributed by atoms with van der Waals surface area (Å²) >= 11 is 12.7. The molecule has 10 aromatic rings. The number of anilines is 6. The van der Waals surface area contributed by atoms with Gasteiger partial charge in [0.2, 0.25) is 17.7 Å². The number of nitriles is 1. The van der Waals surface area contributed by atoms with Gasteiger partial charge in [0.15, 0.2) is 29.5 Å². The van der Waals surface area contributed by atoms with Gasteiger partial charge in [-0.05, 0) is 213 Å². The van der Waals surface area contributed by atoms with E-state index in [0.29, 0.717) is 65.9 Å². The van der Waals surface area contributed by atoms with Gasteiger partial charge in [0.05, 0.1) is 90.2 Å². The maximum atomic E-state index is 13.5. The van der Waals surface area contributed by atoms with E-state index in [1.165, 1.54) is 213 Å². The fourth-order valence-electron chi connectivity index (χ4n) is 15.1. The Balaban J connectivity index is 0.000000253. The highest BCUT2D eigenvalue weighted by Gasteiger charge is 2.37. The van der Waals surface area contributed by atoms with Gasteiger partial charge in [-0.1, -0.05) is 231 Å². The molecule has 6 amide bonds. The lowest BCUT2D eigenvalue weighted by molar-refractivity contribution is -0.116. The zero-order valence-corrected chi connectivity index (χ0v) is 83.5. The number of carbonyl (C=O) groups is 6. The summed E-state index contributed by atoms with van der Waals surface area (Å²) in [5, 5.41) is 53.6. The molecule has 6 atom stereocenters. The first-order valence-electron chi connectivity index (χ1n) is 47.2. The summed E-state index contributed by atoms with van der Waals surface area (Å²) in [5.74, 6) is -1.99. The Morgan fingerprint density at radius 3 is 1.11 bits per heavy atom. The number of phenolic OH excluding ortho intramolecular Hbond substituents is 3. The second kappa shape index (κ2) is 56.0. The zero-order valence-electron chi connectivity index (χ0n) is 79.5. The summed E-state index contributed by atoms with van der Waals surface area (Å²) in [6.07, 6.45) is 28.7. The zero-order chi connectivity index (χ0) is 99.6. The summed E-state index contributed by atoms with van der Waals surface area (Å²) in [6, 6.07) is 51.3. The van der Waals surface area contributed by atoms with E-state index in [9.17, 15) is 69.3 Å². The van der Waals surface area contributed by atoms with Crippen molar-refractivity contribution in [3.8, 4) is 40.6 Å². The fraction of sp³-hybridized carbons (Fsp3) is 0.396. The number of unbranched alkanes of at least 4 members (excludes halogenated alkanes) is 15. The van der Waals surface area contributed by atoms with Crippen molar-refractivity contribution >= 4 is 133 Å². The van der Waals surface area contributed by atoms with Crippen LogP contribution in [-0.4, -0.2) is 117 Å². The number of hydrogen-bond donors (Lipinski definition) is 9. The molecule has 734 valence electrons. The van der Waals surface area contributed by atoms with Gasteiger partial charge in [-0.25, -0.2) is 25.3 Å². The molecule has 0 aliphatic heterocycles. The molecule has 0 bridgehead atoms. The van der Waals surface area contributed by atoms with Gasteiger partial charge in [-0.3, -0.25) is 33.8 Å². The Labute approximate surface area is 817 Å². The molecule has 137 heavy (non-hydrogen) atoms. The molecule has 0 fully saturated rings. The highest BCUT2D eigenvalue weighted by atomic mass is 35.5. The first kappa shape index (κ1) is 110. The van der Waals surface area contributed by atoms with Crippen LogP contribution in [0.5, 0.6) is 34.5 Å². The number of nitrogens with zero attached hydrogens (tertiary/aromatic N) is 2. The Hall–Kier alpha value is -12.1. The summed E-state index contributed by atoms with van der Waals surface area (Å²) in [7, 11) is -12.1. The maximum Gasteiger partial charge on any atom is 0.257 e. The number of ether oxygens (including phenoxy) is 3. The lowest BCUT2D eigenvalue weighted by Gasteiger charge is -2.18. The Bertz CT molecular complexity index is 6020. The molecule has 10 rings (SSSR count). The van der Waals surface area contributed by atoms with Crippen LogP contribution < -0.4 is 46.1 Å². The number of hydrogen-bond acceptors (Lipinski definition) is 20. The number of fused-ring (bicyclic) bond motifs is 1. The number of carbonyl (C=O) groups excluding carboxylic acids is 6. The monoisotopic (exact) mass is 1970 g/mol. The van der Waals surface area contributed by atoms with Crippen LogP contribution in [0.15, 0.2) is 221 Å². The first-order chi connectivity index (χ1) is 65.7. The number of nitrogens with one attached hydrogen (secondary N) is 6. The number of pyridine rings is 1. The Morgan fingerprint density at radius 1 is 0.365 bits per heavy atom. The van der Waals surface area contributed by atoms with Crippen LogP contribution in [0.4, 0.5) is 34.1 Å². The summed E-state index contributed by atoms with van der Waals surface area (Å²) in [4.78, 5) is 81.2. The van der Waals surface area contributed by atoms with Crippen LogP contribution in [0.3, 0.4) is 0 Å². The first-order valence-corrected chi connectivity index (χ1v) is 52.6. The fourth-order valence-corrected chi connectivity index (χ4v) is 20.4.